The summed E-state index contributed by atoms with van der Waals surface area (Å²) >= 11 is 0. The lowest BCUT2D eigenvalue weighted by atomic mass is 10.1. The third kappa shape index (κ3) is 24.8. The molecule has 2 aliphatic rings. The normalized spacial score (nSPS) is 13.7. The number of imide groups is 1. The zero-order valence-corrected chi connectivity index (χ0v) is 40.0. The first-order valence-electron chi connectivity index (χ1n) is 22.6. The highest BCUT2D eigenvalue weighted by atomic mass is 32.2. The summed E-state index contributed by atoms with van der Waals surface area (Å²) in [5.74, 6) is -1.62. The average molecular weight is 988 g/mol. The first kappa shape index (κ1) is 58.0. The Balaban J connectivity index is 1.02. The van der Waals surface area contributed by atoms with Gasteiger partial charge in [0.1, 0.15) is 12.4 Å². The fourth-order valence-electron chi connectivity index (χ4n) is 5.75. The topological polar surface area (TPSA) is 286 Å². The molecule has 0 saturated carbocycles. The van der Waals surface area contributed by atoms with Crippen LogP contribution in [0.3, 0.4) is 0 Å². The van der Waals surface area contributed by atoms with Crippen LogP contribution >= 0.6 is 0 Å². The number of carbonyl (C=O) groups is 4. The first-order chi connectivity index (χ1) is 33.1. The predicted octanol–water partition coefficient (Wildman–Crippen LogP) is -0.467. The number of ether oxygens (including phenoxy) is 10. The van der Waals surface area contributed by atoms with Crippen molar-refractivity contribution in [2.45, 2.75) is 31.7 Å². The Labute approximate surface area is 398 Å². The minimum atomic E-state index is -3.98. The molecule has 0 radical (unpaired) electrons. The summed E-state index contributed by atoms with van der Waals surface area (Å²) in [6.45, 7) is 11.9. The summed E-state index contributed by atoms with van der Waals surface area (Å²) in [6.07, 6.45) is 5.99. The number of amidine groups is 1. The molecule has 68 heavy (non-hydrogen) atoms. The van der Waals surface area contributed by atoms with Gasteiger partial charge in [-0.15, -0.1) is 0 Å². The van der Waals surface area contributed by atoms with Crippen LogP contribution in [-0.2, 0) is 81.4 Å². The van der Waals surface area contributed by atoms with E-state index in [2.05, 4.69) is 20.0 Å². The highest BCUT2D eigenvalue weighted by Gasteiger charge is 2.26. The summed E-state index contributed by atoms with van der Waals surface area (Å²) in [5.41, 5.74) is 7.19. The van der Waals surface area contributed by atoms with Crippen LogP contribution in [0.4, 0.5) is 5.69 Å². The number of carbonyl (C=O) groups excluding carboxylic acids is 4. The van der Waals surface area contributed by atoms with Crippen LogP contribution in [0, 0.1) is 0 Å². The molecule has 0 aromatic carbocycles. The Hall–Kier alpha value is -4.35. The van der Waals surface area contributed by atoms with Crippen molar-refractivity contribution >= 4 is 51.3 Å². The highest BCUT2D eigenvalue weighted by Crippen LogP contribution is 2.28. The SMILES string of the molecule is CCCN(OCC)C(=O)C1=Cc2cnc(S(=O)(=O)NCCOCCOCCOCCOCCOCCOCCOCCOCCOCCOCCNC(=O)CN3C(=O)C=CC3=O)cc2N=C(N)C1. The molecule has 0 unspecified atom stereocenters. The van der Waals surface area contributed by atoms with Gasteiger partial charge < -0.3 is 58.4 Å². The maximum Gasteiger partial charge on any atom is 0.273 e. The average Bonchev–Trinajstić information content (AvgIpc) is 3.52. The van der Waals surface area contributed by atoms with Crippen LogP contribution in [-0.4, -0.2) is 218 Å². The van der Waals surface area contributed by atoms with Gasteiger partial charge in [-0.05, 0) is 19.4 Å². The molecule has 0 aliphatic carbocycles. The fraction of sp³-hybridized carbons (Fsp3) is 0.674. The molecule has 24 nitrogen and oxygen atoms in total. The molecule has 1 aromatic rings. The quantitative estimate of drug-likeness (QED) is 0.0424. The number of hydrogen-bond donors (Lipinski definition) is 3. The third-order valence-electron chi connectivity index (χ3n) is 9.00. The molecule has 0 bridgehead atoms. The monoisotopic (exact) mass is 987 g/mol. The van der Waals surface area contributed by atoms with Crippen molar-refractivity contribution < 1.29 is 79.8 Å². The van der Waals surface area contributed by atoms with Crippen LogP contribution < -0.4 is 15.8 Å². The molecule has 1 aromatic heterocycles. The maximum atomic E-state index is 13.1. The second-order valence-corrected chi connectivity index (χ2v) is 16.0. The minimum absolute atomic E-state index is 0.0119. The van der Waals surface area contributed by atoms with Crippen LogP contribution in [0.5, 0.6) is 0 Å². The van der Waals surface area contributed by atoms with Crippen molar-refractivity contribution in [2.75, 3.05) is 165 Å². The highest BCUT2D eigenvalue weighted by molar-refractivity contribution is 7.89. The van der Waals surface area contributed by atoms with E-state index in [4.69, 9.17) is 57.9 Å². The number of aromatic nitrogens is 1. The zero-order chi connectivity index (χ0) is 49.1. The molecule has 0 fully saturated rings. The number of nitrogens with zero attached hydrogens (tertiary/aromatic N) is 4. The van der Waals surface area contributed by atoms with Gasteiger partial charge >= 0.3 is 0 Å². The van der Waals surface area contributed by atoms with Gasteiger partial charge in [0.15, 0.2) is 5.03 Å². The number of nitrogens with one attached hydrogen (secondary N) is 2. The number of sulfonamides is 1. The van der Waals surface area contributed by atoms with E-state index in [1.807, 2.05) is 6.92 Å². The van der Waals surface area contributed by atoms with E-state index in [1.54, 1.807) is 13.0 Å². The Morgan fingerprint density at radius 3 is 1.57 bits per heavy atom. The van der Waals surface area contributed by atoms with E-state index in [0.29, 0.717) is 143 Å². The van der Waals surface area contributed by atoms with E-state index in [9.17, 15) is 27.6 Å². The number of amides is 4. The number of fused-ring (bicyclic) bond motifs is 1. The molecule has 3 heterocycles. The standard InChI is InChI=1S/C43H69N7O17S/c1-3-9-50(67-4-2)43(54)35-30-36-33-46-40(32-37(36)48-38(44)31-35)68(55,56)47-8-11-58-13-15-60-17-19-62-21-23-64-25-27-66-29-28-65-26-24-63-22-20-61-18-16-59-14-12-57-10-7-45-39(51)34-49-41(52)5-6-42(49)53/h5-6,30,32-33,47H,3-4,7-29,31,34H2,1-2H3,(H2,44,48)(H,45,51). The van der Waals surface area contributed by atoms with E-state index >= 15 is 0 Å². The number of hydrogen-bond acceptors (Lipinski definition) is 20. The molecular formula is C43H69N7O17S. The Morgan fingerprint density at radius 2 is 1.13 bits per heavy atom. The van der Waals surface area contributed by atoms with E-state index in [-0.39, 0.29) is 68.3 Å². The summed E-state index contributed by atoms with van der Waals surface area (Å²) in [5, 5.41) is 3.64. The van der Waals surface area contributed by atoms with Gasteiger partial charge in [-0.1, -0.05) is 6.92 Å². The van der Waals surface area contributed by atoms with Gasteiger partial charge in [0.05, 0.1) is 144 Å². The minimum Gasteiger partial charge on any atom is -0.387 e. The van der Waals surface area contributed by atoms with Gasteiger partial charge in [-0.2, -0.15) is 0 Å². The molecule has 2 aliphatic heterocycles. The van der Waals surface area contributed by atoms with Crippen molar-refractivity contribution in [1.82, 2.24) is 25.0 Å². The second kappa shape index (κ2) is 35.7. The molecule has 0 saturated heterocycles. The summed E-state index contributed by atoms with van der Waals surface area (Å²) < 4.78 is 82.9. The van der Waals surface area contributed by atoms with Crippen LogP contribution in [0.2, 0.25) is 0 Å². The first-order valence-corrected chi connectivity index (χ1v) is 24.1. The fourth-order valence-corrected chi connectivity index (χ4v) is 6.71. The number of aliphatic imine (C=N–C) groups is 1. The van der Waals surface area contributed by atoms with E-state index < -0.39 is 27.7 Å². The third-order valence-corrected chi connectivity index (χ3v) is 10.4. The lowest BCUT2D eigenvalue weighted by molar-refractivity contribution is -0.180. The van der Waals surface area contributed by atoms with Crippen molar-refractivity contribution in [3.05, 3.63) is 35.6 Å². The van der Waals surface area contributed by atoms with Crippen molar-refractivity contribution in [2.24, 2.45) is 10.7 Å². The number of hydroxylamine groups is 2. The molecule has 4 amide bonds. The van der Waals surface area contributed by atoms with Gasteiger partial charge in [-0.25, -0.2) is 28.2 Å². The van der Waals surface area contributed by atoms with Gasteiger partial charge in [0, 0.05) is 61.6 Å². The lowest BCUT2D eigenvalue weighted by Gasteiger charge is -2.21. The summed E-state index contributed by atoms with van der Waals surface area (Å²) in [6, 6.07) is 1.31. The second-order valence-electron chi connectivity index (χ2n) is 14.3. The molecule has 384 valence electrons. The Bertz CT molecular complexity index is 1830. The van der Waals surface area contributed by atoms with Crippen molar-refractivity contribution in [3.63, 3.8) is 0 Å². The maximum absolute atomic E-state index is 13.1. The Morgan fingerprint density at radius 1 is 0.691 bits per heavy atom. The number of pyridine rings is 1. The van der Waals surface area contributed by atoms with E-state index in [1.165, 1.54) is 17.3 Å². The molecule has 0 spiro atoms. The Kier molecular flexibility index (Phi) is 30.4. The molecule has 4 N–H and O–H groups in total. The van der Waals surface area contributed by atoms with Crippen LogP contribution in [0.25, 0.3) is 6.08 Å². The molecule has 25 heteroatoms. The van der Waals surface area contributed by atoms with Crippen molar-refractivity contribution in [3.8, 4) is 0 Å². The number of nitrogens with two attached hydrogens (primary N) is 1. The molecular weight excluding hydrogens is 919 g/mol. The summed E-state index contributed by atoms with van der Waals surface area (Å²) in [7, 11) is -3.98. The van der Waals surface area contributed by atoms with Crippen LogP contribution in [0.15, 0.2) is 40.0 Å². The zero-order valence-electron chi connectivity index (χ0n) is 39.2. The summed E-state index contributed by atoms with van der Waals surface area (Å²) in [4.78, 5) is 62.6. The van der Waals surface area contributed by atoms with Gasteiger partial charge in [0.2, 0.25) is 5.91 Å². The molecule has 3 rings (SSSR count). The predicted molar refractivity (Wildman–Crippen MR) is 244 cm³/mol. The largest absolute Gasteiger partial charge is 0.387 e. The molecule has 0 atom stereocenters. The van der Waals surface area contributed by atoms with Crippen molar-refractivity contribution in [1.29, 1.82) is 0 Å². The van der Waals surface area contributed by atoms with Crippen LogP contribution in [0.1, 0.15) is 32.3 Å². The lowest BCUT2D eigenvalue weighted by Crippen LogP contribution is -2.41. The van der Waals surface area contributed by atoms with Gasteiger partial charge in [-0.3, -0.25) is 28.9 Å². The number of rotatable bonds is 42. The van der Waals surface area contributed by atoms with E-state index in [0.717, 1.165) is 17.1 Å². The van der Waals surface area contributed by atoms with Gasteiger partial charge in [0.25, 0.3) is 27.7 Å². The smallest absolute Gasteiger partial charge is 0.273 e.